The summed E-state index contributed by atoms with van der Waals surface area (Å²) in [6.07, 6.45) is 0. The molecule has 0 saturated heterocycles. The lowest BCUT2D eigenvalue weighted by Gasteiger charge is -2.33. The molecule has 1 amide bonds. The summed E-state index contributed by atoms with van der Waals surface area (Å²) in [6, 6.07) is 8.68. The standard InChI is InChI=1S/C16H23NO3/c1-11(2)14(16(19)20)17(15(18)12(3)4)10-13-8-6-5-7-9-13/h5-9,11-12,14H,10H2,1-4H3,(H,19,20). The van der Waals surface area contributed by atoms with Crippen LogP contribution in [0.15, 0.2) is 30.3 Å². The number of carboxylic acid groups (broad SMARTS) is 1. The van der Waals surface area contributed by atoms with Gasteiger partial charge in [0.05, 0.1) is 0 Å². The predicted molar refractivity (Wildman–Crippen MR) is 78.1 cm³/mol. The minimum absolute atomic E-state index is 0.130. The Bertz CT molecular complexity index is 454. The lowest BCUT2D eigenvalue weighted by molar-refractivity contribution is -0.154. The molecule has 0 heterocycles. The molecule has 0 bridgehead atoms. The Morgan fingerprint density at radius 2 is 1.65 bits per heavy atom. The molecule has 1 N–H and O–H groups in total. The average Bonchev–Trinajstić information content (AvgIpc) is 2.37. The lowest BCUT2D eigenvalue weighted by atomic mass is 9.99. The van der Waals surface area contributed by atoms with Crippen molar-refractivity contribution in [3.8, 4) is 0 Å². The Morgan fingerprint density at radius 1 is 1.10 bits per heavy atom. The van der Waals surface area contributed by atoms with Crippen LogP contribution in [0.4, 0.5) is 0 Å². The lowest BCUT2D eigenvalue weighted by Crippen LogP contribution is -2.49. The van der Waals surface area contributed by atoms with Crippen molar-refractivity contribution in [1.29, 1.82) is 0 Å². The molecule has 0 radical (unpaired) electrons. The van der Waals surface area contributed by atoms with Gasteiger partial charge in [0.2, 0.25) is 5.91 Å². The van der Waals surface area contributed by atoms with Crippen molar-refractivity contribution in [2.24, 2.45) is 11.8 Å². The summed E-state index contributed by atoms with van der Waals surface area (Å²) in [4.78, 5) is 25.3. The molecule has 0 fully saturated rings. The monoisotopic (exact) mass is 277 g/mol. The van der Waals surface area contributed by atoms with Crippen molar-refractivity contribution in [2.75, 3.05) is 0 Å². The molecule has 0 spiro atoms. The molecule has 4 nitrogen and oxygen atoms in total. The van der Waals surface area contributed by atoms with Gasteiger partial charge in [-0.3, -0.25) is 4.79 Å². The molecule has 0 aliphatic heterocycles. The first-order chi connectivity index (χ1) is 9.34. The molecule has 20 heavy (non-hydrogen) atoms. The number of hydrogen-bond acceptors (Lipinski definition) is 2. The van der Waals surface area contributed by atoms with E-state index in [0.29, 0.717) is 6.54 Å². The number of carboxylic acids is 1. The van der Waals surface area contributed by atoms with Crippen LogP contribution in [0.25, 0.3) is 0 Å². The fraction of sp³-hybridized carbons (Fsp3) is 0.500. The summed E-state index contributed by atoms with van der Waals surface area (Å²) in [7, 11) is 0. The van der Waals surface area contributed by atoms with Crippen molar-refractivity contribution in [3.05, 3.63) is 35.9 Å². The number of aliphatic carboxylic acids is 1. The van der Waals surface area contributed by atoms with Gasteiger partial charge in [-0.05, 0) is 11.5 Å². The maximum Gasteiger partial charge on any atom is 0.326 e. The van der Waals surface area contributed by atoms with Crippen LogP contribution in [0.2, 0.25) is 0 Å². The smallest absolute Gasteiger partial charge is 0.326 e. The van der Waals surface area contributed by atoms with E-state index in [1.165, 1.54) is 4.90 Å². The van der Waals surface area contributed by atoms with Crippen molar-refractivity contribution in [2.45, 2.75) is 40.3 Å². The van der Waals surface area contributed by atoms with Crippen molar-refractivity contribution in [3.63, 3.8) is 0 Å². The minimum Gasteiger partial charge on any atom is -0.480 e. The maximum atomic E-state index is 12.4. The third kappa shape index (κ3) is 4.08. The van der Waals surface area contributed by atoms with Gasteiger partial charge in [-0.1, -0.05) is 58.0 Å². The van der Waals surface area contributed by atoms with Gasteiger partial charge >= 0.3 is 5.97 Å². The van der Waals surface area contributed by atoms with Gasteiger partial charge < -0.3 is 10.0 Å². The molecule has 1 aromatic rings. The molecule has 110 valence electrons. The molecule has 1 aromatic carbocycles. The normalized spacial score (nSPS) is 12.5. The van der Waals surface area contributed by atoms with Crippen LogP contribution in [-0.4, -0.2) is 27.9 Å². The molecule has 0 aromatic heterocycles. The van der Waals surface area contributed by atoms with Crippen molar-refractivity contribution < 1.29 is 14.7 Å². The van der Waals surface area contributed by atoms with E-state index in [1.807, 2.05) is 44.2 Å². The van der Waals surface area contributed by atoms with Crippen LogP contribution >= 0.6 is 0 Å². The van der Waals surface area contributed by atoms with Crippen molar-refractivity contribution >= 4 is 11.9 Å². The van der Waals surface area contributed by atoms with Gasteiger partial charge in [-0.2, -0.15) is 0 Å². The van der Waals surface area contributed by atoms with E-state index < -0.39 is 12.0 Å². The second-order valence-electron chi connectivity index (χ2n) is 5.63. The quantitative estimate of drug-likeness (QED) is 0.870. The zero-order valence-electron chi connectivity index (χ0n) is 12.5. The Kier molecular flexibility index (Phi) is 5.74. The van der Waals surface area contributed by atoms with Gasteiger partial charge in [0, 0.05) is 12.5 Å². The van der Waals surface area contributed by atoms with E-state index in [0.717, 1.165) is 5.56 Å². The van der Waals surface area contributed by atoms with Gasteiger partial charge in [0.1, 0.15) is 6.04 Å². The number of nitrogens with zero attached hydrogens (tertiary/aromatic N) is 1. The Labute approximate surface area is 120 Å². The highest BCUT2D eigenvalue weighted by Crippen LogP contribution is 2.18. The number of carbonyl (C=O) groups is 2. The van der Waals surface area contributed by atoms with Gasteiger partial charge in [-0.15, -0.1) is 0 Å². The van der Waals surface area contributed by atoms with E-state index >= 15 is 0 Å². The Hall–Kier alpha value is -1.84. The zero-order chi connectivity index (χ0) is 15.3. The fourth-order valence-electron chi connectivity index (χ4n) is 2.20. The molecule has 1 rings (SSSR count). The Balaban J connectivity index is 3.07. The summed E-state index contributed by atoms with van der Waals surface area (Å²) in [5, 5.41) is 9.43. The first-order valence-electron chi connectivity index (χ1n) is 6.91. The van der Waals surface area contributed by atoms with Gasteiger partial charge in [-0.25, -0.2) is 4.79 Å². The topological polar surface area (TPSA) is 57.6 Å². The third-order valence-corrected chi connectivity index (χ3v) is 3.19. The first-order valence-corrected chi connectivity index (χ1v) is 6.91. The van der Waals surface area contributed by atoms with Crippen LogP contribution in [0, 0.1) is 11.8 Å². The second-order valence-corrected chi connectivity index (χ2v) is 5.63. The molecular weight excluding hydrogens is 254 g/mol. The molecular formula is C16H23NO3. The molecule has 1 unspecified atom stereocenters. The SMILES string of the molecule is CC(C)C(=O)N(Cc1ccccc1)C(C(=O)O)C(C)C. The fourth-order valence-corrected chi connectivity index (χ4v) is 2.20. The average molecular weight is 277 g/mol. The van der Waals surface area contributed by atoms with Gasteiger partial charge in [0.25, 0.3) is 0 Å². The summed E-state index contributed by atoms with van der Waals surface area (Å²) in [5.41, 5.74) is 0.938. The van der Waals surface area contributed by atoms with E-state index in [4.69, 9.17) is 0 Å². The number of amides is 1. The summed E-state index contributed by atoms with van der Waals surface area (Å²) < 4.78 is 0. The number of benzene rings is 1. The molecule has 4 heteroatoms. The van der Waals surface area contributed by atoms with E-state index in [1.54, 1.807) is 13.8 Å². The van der Waals surface area contributed by atoms with Crippen molar-refractivity contribution in [1.82, 2.24) is 4.90 Å². The number of carbonyl (C=O) groups excluding carboxylic acids is 1. The van der Waals surface area contributed by atoms with E-state index in [2.05, 4.69) is 0 Å². The molecule has 0 saturated carbocycles. The largest absolute Gasteiger partial charge is 0.480 e. The predicted octanol–water partition coefficient (Wildman–Crippen LogP) is 2.78. The summed E-state index contributed by atoms with van der Waals surface area (Å²) >= 11 is 0. The highest BCUT2D eigenvalue weighted by Gasteiger charge is 2.33. The highest BCUT2D eigenvalue weighted by molar-refractivity contribution is 5.84. The van der Waals surface area contributed by atoms with Crippen LogP contribution < -0.4 is 0 Å². The minimum atomic E-state index is -0.954. The maximum absolute atomic E-state index is 12.4. The third-order valence-electron chi connectivity index (χ3n) is 3.19. The molecule has 0 aliphatic carbocycles. The molecule has 1 atom stereocenters. The summed E-state index contributed by atoms with van der Waals surface area (Å²) in [6.45, 7) is 7.56. The van der Waals surface area contributed by atoms with E-state index in [-0.39, 0.29) is 17.7 Å². The van der Waals surface area contributed by atoms with Crippen LogP contribution in [0.3, 0.4) is 0 Å². The number of rotatable bonds is 6. The van der Waals surface area contributed by atoms with Crippen LogP contribution in [0.1, 0.15) is 33.3 Å². The van der Waals surface area contributed by atoms with Crippen LogP contribution in [0.5, 0.6) is 0 Å². The molecule has 0 aliphatic rings. The number of hydrogen-bond donors (Lipinski definition) is 1. The van der Waals surface area contributed by atoms with Crippen LogP contribution in [-0.2, 0) is 16.1 Å². The second kappa shape index (κ2) is 7.08. The zero-order valence-corrected chi connectivity index (χ0v) is 12.5. The van der Waals surface area contributed by atoms with Gasteiger partial charge in [0.15, 0.2) is 0 Å². The highest BCUT2D eigenvalue weighted by atomic mass is 16.4. The Morgan fingerprint density at radius 3 is 2.05 bits per heavy atom. The van der Waals surface area contributed by atoms with E-state index in [9.17, 15) is 14.7 Å². The first kappa shape index (κ1) is 16.2. The summed E-state index contributed by atoms with van der Waals surface area (Å²) in [5.74, 6) is -1.45.